The Labute approximate surface area is 128 Å². The largest absolute Gasteiger partial charge is 0.416 e. The predicted octanol–water partition coefficient (Wildman–Crippen LogP) is 3.41. The zero-order valence-electron chi connectivity index (χ0n) is 12.8. The summed E-state index contributed by atoms with van der Waals surface area (Å²) >= 11 is 0. The summed E-state index contributed by atoms with van der Waals surface area (Å²) in [6, 6.07) is 4.58. The van der Waals surface area contributed by atoms with Gasteiger partial charge in [-0.2, -0.15) is 13.2 Å². The van der Waals surface area contributed by atoms with Gasteiger partial charge in [0.25, 0.3) is 0 Å². The van der Waals surface area contributed by atoms with Gasteiger partial charge in [-0.3, -0.25) is 4.79 Å². The monoisotopic (exact) mass is 314 g/mol. The molecule has 0 radical (unpaired) electrons. The Morgan fingerprint density at radius 3 is 2.45 bits per heavy atom. The number of carbonyl (C=O) groups is 1. The SMILES string of the molecule is CCC1(C(=O)NC(C)c2ccc(C(F)(F)F)cc2)CCCN1. The fraction of sp³-hybridized carbons (Fsp3) is 0.562. The molecule has 2 unspecified atom stereocenters. The highest BCUT2D eigenvalue weighted by atomic mass is 19.4. The molecule has 1 heterocycles. The zero-order valence-corrected chi connectivity index (χ0v) is 12.8. The second kappa shape index (κ2) is 6.28. The van der Waals surface area contributed by atoms with E-state index >= 15 is 0 Å². The van der Waals surface area contributed by atoms with Gasteiger partial charge in [0, 0.05) is 0 Å². The van der Waals surface area contributed by atoms with Gasteiger partial charge in [-0.15, -0.1) is 0 Å². The van der Waals surface area contributed by atoms with Crippen LogP contribution in [0, 0.1) is 0 Å². The molecule has 0 aromatic heterocycles. The summed E-state index contributed by atoms with van der Waals surface area (Å²) in [4.78, 5) is 12.5. The Morgan fingerprint density at radius 1 is 1.36 bits per heavy atom. The molecule has 2 rings (SSSR count). The predicted molar refractivity (Wildman–Crippen MR) is 78.3 cm³/mol. The van der Waals surface area contributed by atoms with E-state index in [9.17, 15) is 18.0 Å². The molecule has 0 aliphatic carbocycles. The second-order valence-corrected chi connectivity index (χ2v) is 5.78. The summed E-state index contributed by atoms with van der Waals surface area (Å²) in [5.74, 6) is -0.0834. The van der Waals surface area contributed by atoms with E-state index in [-0.39, 0.29) is 11.9 Å². The molecular formula is C16H21F3N2O. The third kappa shape index (κ3) is 3.43. The van der Waals surface area contributed by atoms with Gasteiger partial charge in [-0.05, 0) is 50.4 Å². The van der Waals surface area contributed by atoms with Crippen molar-refractivity contribution in [1.82, 2.24) is 10.6 Å². The Hall–Kier alpha value is -1.56. The number of alkyl halides is 3. The van der Waals surface area contributed by atoms with Gasteiger partial charge in [0.1, 0.15) is 0 Å². The van der Waals surface area contributed by atoms with Crippen LogP contribution in [0.3, 0.4) is 0 Å². The molecule has 1 aliphatic rings. The summed E-state index contributed by atoms with van der Waals surface area (Å²) in [7, 11) is 0. The Kier molecular flexibility index (Phi) is 4.80. The van der Waals surface area contributed by atoms with Crippen molar-refractivity contribution in [1.29, 1.82) is 0 Å². The Morgan fingerprint density at radius 2 is 2.00 bits per heavy atom. The molecule has 2 N–H and O–H groups in total. The number of rotatable bonds is 4. The highest BCUT2D eigenvalue weighted by Crippen LogP contribution is 2.30. The molecule has 122 valence electrons. The number of benzene rings is 1. The van der Waals surface area contributed by atoms with Crippen molar-refractivity contribution >= 4 is 5.91 Å². The maximum absolute atomic E-state index is 12.6. The van der Waals surface area contributed by atoms with Crippen LogP contribution in [0.15, 0.2) is 24.3 Å². The third-order valence-electron chi connectivity index (χ3n) is 4.37. The molecule has 0 spiro atoms. The first-order valence-corrected chi connectivity index (χ1v) is 7.51. The first-order chi connectivity index (χ1) is 10.3. The number of amides is 1. The van der Waals surface area contributed by atoms with E-state index < -0.39 is 17.3 Å². The van der Waals surface area contributed by atoms with Crippen LogP contribution in [0.2, 0.25) is 0 Å². The van der Waals surface area contributed by atoms with Gasteiger partial charge in [0.2, 0.25) is 5.91 Å². The topological polar surface area (TPSA) is 41.1 Å². The first kappa shape index (κ1) is 16.8. The van der Waals surface area contributed by atoms with Crippen molar-refractivity contribution in [2.75, 3.05) is 6.54 Å². The van der Waals surface area contributed by atoms with E-state index in [0.717, 1.165) is 31.5 Å². The lowest BCUT2D eigenvalue weighted by atomic mass is 9.92. The maximum Gasteiger partial charge on any atom is 0.416 e. The van der Waals surface area contributed by atoms with E-state index in [1.165, 1.54) is 12.1 Å². The van der Waals surface area contributed by atoms with Gasteiger partial charge in [-0.25, -0.2) is 0 Å². The van der Waals surface area contributed by atoms with Gasteiger partial charge < -0.3 is 10.6 Å². The van der Waals surface area contributed by atoms with Gasteiger partial charge in [0.05, 0.1) is 17.1 Å². The van der Waals surface area contributed by atoms with Crippen LogP contribution in [0.4, 0.5) is 13.2 Å². The average molecular weight is 314 g/mol. The van der Waals surface area contributed by atoms with Gasteiger partial charge in [-0.1, -0.05) is 19.1 Å². The zero-order chi connectivity index (χ0) is 16.4. The molecule has 2 atom stereocenters. The molecule has 22 heavy (non-hydrogen) atoms. The lowest BCUT2D eigenvalue weighted by molar-refractivity contribution is -0.137. The smallest absolute Gasteiger partial charge is 0.348 e. The van der Waals surface area contributed by atoms with Crippen molar-refractivity contribution in [2.24, 2.45) is 0 Å². The van der Waals surface area contributed by atoms with Crippen LogP contribution in [-0.4, -0.2) is 18.0 Å². The van der Waals surface area contributed by atoms with E-state index in [1.54, 1.807) is 6.92 Å². The second-order valence-electron chi connectivity index (χ2n) is 5.78. The van der Waals surface area contributed by atoms with Crippen LogP contribution in [0.5, 0.6) is 0 Å². The van der Waals surface area contributed by atoms with Crippen LogP contribution in [0.25, 0.3) is 0 Å². The lowest BCUT2D eigenvalue weighted by Crippen LogP contribution is -2.53. The number of hydrogen-bond acceptors (Lipinski definition) is 2. The van der Waals surface area contributed by atoms with Gasteiger partial charge in [0.15, 0.2) is 0 Å². The Balaban J connectivity index is 2.05. The number of carbonyl (C=O) groups excluding carboxylic acids is 1. The van der Waals surface area contributed by atoms with E-state index in [2.05, 4.69) is 10.6 Å². The van der Waals surface area contributed by atoms with Crippen molar-refractivity contribution in [2.45, 2.75) is 50.9 Å². The van der Waals surface area contributed by atoms with Crippen LogP contribution in [-0.2, 0) is 11.0 Å². The summed E-state index contributed by atoms with van der Waals surface area (Å²) < 4.78 is 37.7. The molecular weight excluding hydrogens is 293 g/mol. The molecule has 1 aromatic carbocycles. The fourth-order valence-electron chi connectivity index (χ4n) is 2.84. The molecule has 1 fully saturated rings. The van der Waals surface area contributed by atoms with Crippen LogP contribution < -0.4 is 10.6 Å². The molecule has 1 saturated heterocycles. The third-order valence-corrected chi connectivity index (χ3v) is 4.37. The van der Waals surface area contributed by atoms with E-state index in [1.807, 2.05) is 6.92 Å². The van der Waals surface area contributed by atoms with E-state index in [0.29, 0.717) is 12.0 Å². The summed E-state index contributed by atoms with van der Waals surface area (Å²) in [5.41, 5.74) is -0.567. The number of halogens is 3. The average Bonchev–Trinajstić information content (AvgIpc) is 2.96. The summed E-state index contributed by atoms with van der Waals surface area (Å²) in [5, 5.41) is 6.15. The van der Waals surface area contributed by atoms with Crippen molar-refractivity contribution in [3.63, 3.8) is 0 Å². The molecule has 0 saturated carbocycles. The quantitative estimate of drug-likeness (QED) is 0.894. The maximum atomic E-state index is 12.6. The molecule has 3 nitrogen and oxygen atoms in total. The minimum absolute atomic E-state index is 0.0834. The van der Waals surface area contributed by atoms with Gasteiger partial charge >= 0.3 is 6.18 Å². The summed E-state index contributed by atoms with van der Waals surface area (Å²) in [6.07, 6.45) is -1.91. The molecule has 1 aromatic rings. The molecule has 6 heteroatoms. The fourth-order valence-corrected chi connectivity index (χ4v) is 2.84. The van der Waals surface area contributed by atoms with Crippen molar-refractivity contribution in [3.8, 4) is 0 Å². The van der Waals surface area contributed by atoms with E-state index in [4.69, 9.17) is 0 Å². The minimum atomic E-state index is -4.34. The lowest BCUT2D eigenvalue weighted by Gasteiger charge is -2.28. The highest BCUT2D eigenvalue weighted by Gasteiger charge is 2.39. The molecule has 0 bridgehead atoms. The normalized spacial score (nSPS) is 23.3. The minimum Gasteiger partial charge on any atom is -0.348 e. The Bertz CT molecular complexity index is 519. The van der Waals surface area contributed by atoms with Crippen molar-refractivity contribution < 1.29 is 18.0 Å². The molecule has 1 amide bonds. The number of nitrogens with one attached hydrogen (secondary N) is 2. The summed E-state index contributed by atoms with van der Waals surface area (Å²) in [6.45, 7) is 4.55. The molecule has 1 aliphatic heterocycles. The van der Waals surface area contributed by atoms with Crippen LogP contribution in [0.1, 0.15) is 50.3 Å². The number of hydrogen-bond donors (Lipinski definition) is 2. The highest BCUT2D eigenvalue weighted by molar-refractivity contribution is 5.87. The standard InChI is InChI=1S/C16H21F3N2O/c1-3-15(9-4-10-20-15)14(22)21-11(2)12-5-7-13(8-6-12)16(17,18)19/h5-8,11,20H,3-4,9-10H2,1-2H3,(H,21,22). The first-order valence-electron chi connectivity index (χ1n) is 7.51. The van der Waals surface area contributed by atoms with Crippen molar-refractivity contribution in [3.05, 3.63) is 35.4 Å². The van der Waals surface area contributed by atoms with Crippen LogP contribution >= 0.6 is 0 Å².